The zero-order chi connectivity index (χ0) is 20.3. The minimum atomic E-state index is -3.47. The maximum Gasteiger partial charge on any atom is 0.326 e. The number of imide groups is 1. The Labute approximate surface area is 166 Å². The summed E-state index contributed by atoms with van der Waals surface area (Å²) >= 11 is 0. The summed E-state index contributed by atoms with van der Waals surface area (Å²) in [6.07, 6.45) is 3.88. The molecule has 2 saturated carbocycles. The molecule has 10 heteroatoms. The number of sulfonamides is 1. The first-order valence-corrected chi connectivity index (χ1v) is 11.7. The van der Waals surface area contributed by atoms with Gasteiger partial charge in [0.25, 0.3) is 0 Å². The van der Waals surface area contributed by atoms with Crippen molar-refractivity contribution in [3.63, 3.8) is 0 Å². The van der Waals surface area contributed by atoms with E-state index in [0.717, 1.165) is 25.8 Å². The molecule has 4 atom stereocenters. The molecule has 2 aliphatic carbocycles. The SMILES string of the molecule is CN1NCCC1CN1C(=O)C2CC(S(=O)(=O)NC3(C)CC3)CCC2N(C)C1=O. The maximum atomic E-state index is 13.2. The van der Waals surface area contributed by atoms with Gasteiger partial charge in [-0.05, 0) is 45.4 Å². The van der Waals surface area contributed by atoms with Crippen molar-refractivity contribution in [2.75, 3.05) is 27.2 Å². The maximum absolute atomic E-state index is 13.2. The molecule has 2 N–H and O–H groups in total. The van der Waals surface area contributed by atoms with E-state index in [2.05, 4.69) is 10.1 Å². The Morgan fingerprint density at radius 3 is 2.50 bits per heavy atom. The molecule has 3 amide bonds. The molecule has 28 heavy (non-hydrogen) atoms. The smallest absolute Gasteiger partial charge is 0.324 e. The second-order valence-electron chi connectivity index (χ2n) is 9.12. The number of carbonyl (C=O) groups is 2. The van der Waals surface area contributed by atoms with Crippen LogP contribution in [0.1, 0.15) is 45.4 Å². The average molecular weight is 414 g/mol. The van der Waals surface area contributed by atoms with E-state index >= 15 is 0 Å². The van der Waals surface area contributed by atoms with Crippen molar-refractivity contribution < 1.29 is 18.0 Å². The third-order valence-electron chi connectivity index (χ3n) is 6.99. The standard InChI is InChI=1S/C18H31N5O4S/c1-18(7-8-18)20-28(26,27)13-4-5-15-14(10-13)16(24)23(17(25)21(15)2)11-12-6-9-19-22(12)3/h12-15,19-20H,4-11H2,1-3H3. The molecular weight excluding hydrogens is 382 g/mol. The Morgan fingerprint density at radius 2 is 1.89 bits per heavy atom. The van der Waals surface area contributed by atoms with E-state index in [1.165, 1.54) is 4.90 Å². The van der Waals surface area contributed by atoms with E-state index < -0.39 is 21.2 Å². The minimum Gasteiger partial charge on any atom is -0.324 e. The molecule has 4 fully saturated rings. The topological polar surface area (TPSA) is 102 Å². The molecule has 0 aromatic carbocycles. The lowest BCUT2D eigenvalue weighted by molar-refractivity contribution is -0.140. The summed E-state index contributed by atoms with van der Waals surface area (Å²) in [7, 11) is 0.169. The molecule has 0 bridgehead atoms. The van der Waals surface area contributed by atoms with Gasteiger partial charge < -0.3 is 4.90 Å². The average Bonchev–Trinajstić information content (AvgIpc) is 3.22. The van der Waals surface area contributed by atoms with E-state index in [9.17, 15) is 18.0 Å². The molecule has 4 rings (SSSR count). The number of carbonyl (C=O) groups excluding carboxylic acids is 2. The summed E-state index contributed by atoms with van der Waals surface area (Å²) in [6, 6.07) is -0.396. The molecular formula is C18H31N5O4S. The molecule has 2 saturated heterocycles. The largest absolute Gasteiger partial charge is 0.326 e. The van der Waals surface area contributed by atoms with Crippen LogP contribution in [0, 0.1) is 5.92 Å². The van der Waals surface area contributed by atoms with Gasteiger partial charge in [-0.15, -0.1) is 0 Å². The molecule has 158 valence electrons. The second kappa shape index (κ2) is 6.93. The van der Waals surface area contributed by atoms with Gasteiger partial charge in [-0.1, -0.05) is 0 Å². The summed E-state index contributed by atoms with van der Waals surface area (Å²) in [5.41, 5.74) is 2.88. The molecule has 4 aliphatic rings. The highest BCUT2D eigenvalue weighted by atomic mass is 32.2. The number of fused-ring (bicyclic) bond motifs is 1. The summed E-state index contributed by atoms with van der Waals surface area (Å²) in [6.45, 7) is 3.08. The van der Waals surface area contributed by atoms with Gasteiger partial charge in [-0.25, -0.2) is 22.9 Å². The number of likely N-dealkylation sites (N-methyl/N-ethyl adjacent to an activating group) is 1. The number of urea groups is 1. The normalized spacial score (nSPS) is 36.0. The van der Waals surface area contributed by atoms with Gasteiger partial charge in [0.2, 0.25) is 15.9 Å². The number of amides is 3. The minimum absolute atomic E-state index is 0.0810. The van der Waals surface area contributed by atoms with E-state index in [1.54, 1.807) is 11.9 Å². The van der Waals surface area contributed by atoms with Gasteiger partial charge in [0.1, 0.15) is 0 Å². The van der Waals surface area contributed by atoms with Crippen molar-refractivity contribution in [1.82, 2.24) is 25.0 Å². The lowest BCUT2D eigenvalue weighted by Gasteiger charge is -2.47. The fraction of sp³-hybridized carbons (Fsp3) is 0.889. The van der Waals surface area contributed by atoms with Gasteiger partial charge in [-0.2, -0.15) is 0 Å². The zero-order valence-corrected chi connectivity index (χ0v) is 17.7. The highest BCUT2D eigenvalue weighted by Crippen LogP contribution is 2.39. The summed E-state index contributed by atoms with van der Waals surface area (Å²) in [5.74, 6) is -0.671. The van der Waals surface area contributed by atoms with Crippen molar-refractivity contribution in [2.45, 2.75) is 68.3 Å². The van der Waals surface area contributed by atoms with Crippen LogP contribution in [0.3, 0.4) is 0 Å². The Balaban J connectivity index is 1.50. The zero-order valence-electron chi connectivity index (χ0n) is 16.8. The Kier molecular flexibility index (Phi) is 4.96. The summed E-state index contributed by atoms with van der Waals surface area (Å²) < 4.78 is 28.5. The summed E-state index contributed by atoms with van der Waals surface area (Å²) in [4.78, 5) is 29.0. The fourth-order valence-corrected chi connectivity index (χ4v) is 6.76. The molecule has 0 spiro atoms. The number of nitrogens with one attached hydrogen (secondary N) is 2. The first kappa shape index (κ1) is 20.1. The van der Waals surface area contributed by atoms with Crippen molar-refractivity contribution in [2.24, 2.45) is 5.92 Å². The van der Waals surface area contributed by atoms with E-state index in [1.807, 2.05) is 19.0 Å². The van der Waals surface area contributed by atoms with E-state index in [4.69, 9.17) is 0 Å². The third kappa shape index (κ3) is 3.55. The van der Waals surface area contributed by atoms with Crippen molar-refractivity contribution in [3.8, 4) is 0 Å². The van der Waals surface area contributed by atoms with E-state index in [-0.39, 0.29) is 36.0 Å². The van der Waals surface area contributed by atoms with Crippen LogP contribution >= 0.6 is 0 Å². The molecule has 2 aliphatic heterocycles. The number of hydrogen-bond donors (Lipinski definition) is 2. The molecule has 0 aromatic heterocycles. The molecule has 0 aromatic rings. The van der Waals surface area contributed by atoms with Crippen molar-refractivity contribution >= 4 is 22.0 Å². The van der Waals surface area contributed by atoms with Gasteiger partial charge in [0.15, 0.2) is 0 Å². The molecule has 4 unspecified atom stereocenters. The van der Waals surface area contributed by atoms with Crippen molar-refractivity contribution in [3.05, 3.63) is 0 Å². The Hall–Kier alpha value is -1.23. The van der Waals surface area contributed by atoms with Gasteiger partial charge in [-0.3, -0.25) is 15.1 Å². The Morgan fingerprint density at radius 1 is 1.18 bits per heavy atom. The number of hydrogen-bond acceptors (Lipinski definition) is 6. The van der Waals surface area contributed by atoms with Crippen molar-refractivity contribution in [1.29, 1.82) is 0 Å². The second-order valence-corrected chi connectivity index (χ2v) is 11.1. The van der Waals surface area contributed by atoms with Crippen LogP contribution in [0.15, 0.2) is 0 Å². The van der Waals surface area contributed by atoms with Crippen LogP contribution in [-0.2, 0) is 14.8 Å². The number of rotatable bonds is 5. The van der Waals surface area contributed by atoms with Crippen LogP contribution in [0.25, 0.3) is 0 Å². The van der Waals surface area contributed by atoms with Crippen LogP contribution in [0.4, 0.5) is 4.79 Å². The lowest BCUT2D eigenvalue weighted by atomic mass is 9.81. The lowest BCUT2D eigenvalue weighted by Crippen LogP contribution is -2.64. The van der Waals surface area contributed by atoms with Crippen LogP contribution in [-0.4, -0.2) is 85.2 Å². The van der Waals surface area contributed by atoms with Crippen LogP contribution < -0.4 is 10.1 Å². The fourth-order valence-electron chi connectivity index (χ4n) is 4.79. The predicted molar refractivity (Wildman–Crippen MR) is 104 cm³/mol. The highest BCUT2D eigenvalue weighted by Gasteiger charge is 2.51. The Bertz CT molecular complexity index is 768. The van der Waals surface area contributed by atoms with Gasteiger partial charge in [0, 0.05) is 44.8 Å². The quantitative estimate of drug-likeness (QED) is 0.663. The number of nitrogens with zero attached hydrogens (tertiary/aromatic N) is 3. The molecule has 2 heterocycles. The van der Waals surface area contributed by atoms with Gasteiger partial charge in [0.05, 0.1) is 11.2 Å². The monoisotopic (exact) mass is 413 g/mol. The highest BCUT2D eigenvalue weighted by molar-refractivity contribution is 7.90. The number of hydrazine groups is 1. The predicted octanol–water partition coefficient (Wildman–Crippen LogP) is 0.0983. The first-order valence-electron chi connectivity index (χ1n) is 10.2. The third-order valence-corrected chi connectivity index (χ3v) is 9.07. The van der Waals surface area contributed by atoms with Gasteiger partial charge >= 0.3 is 6.03 Å². The molecule has 0 radical (unpaired) electrons. The first-order chi connectivity index (χ1) is 13.1. The molecule has 9 nitrogen and oxygen atoms in total. The summed E-state index contributed by atoms with van der Waals surface area (Å²) in [5, 5.41) is 1.37. The van der Waals surface area contributed by atoms with Crippen LogP contribution in [0.2, 0.25) is 0 Å². The van der Waals surface area contributed by atoms with E-state index in [0.29, 0.717) is 19.4 Å². The van der Waals surface area contributed by atoms with Crippen LogP contribution in [0.5, 0.6) is 0 Å².